The molecule has 0 saturated carbocycles. The monoisotopic (exact) mass is 374 g/mol. The van der Waals surface area contributed by atoms with Crippen molar-refractivity contribution in [1.29, 1.82) is 0 Å². The average molecular weight is 376 g/mol. The van der Waals surface area contributed by atoms with Crippen molar-refractivity contribution in [3.8, 4) is 5.75 Å². The maximum absolute atomic E-state index is 11.7. The third-order valence-corrected chi connectivity index (χ3v) is 5.59. The Morgan fingerprint density at radius 3 is 3.00 bits per heavy atom. The number of ether oxygens (including phenoxy) is 1. The van der Waals surface area contributed by atoms with Gasteiger partial charge in [0.15, 0.2) is 5.75 Å². The molecule has 3 rings (SSSR count). The van der Waals surface area contributed by atoms with Crippen LogP contribution in [0.5, 0.6) is 5.75 Å². The number of nitrogens with zero attached hydrogens (tertiary/aromatic N) is 2. The summed E-state index contributed by atoms with van der Waals surface area (Å²) in [6.45, 7) is 2.17. The molecule has 1 aliphatic heterocycles. The molecule has 1 amide bonds. The van der Waals surface area contributed by atoms with Crippen molar-refractivity contribution in [2.75, 3.05) is 18.6 Å². The molecule has 2 aromatic heterocycles. The van der Waals surface area contributed by atoms with Gasteiger partial charge in [-0.05, 0) is 28.8 Å². The Bertz CT molecular complexity index is 716. The second kappa shape index (κ2) is 5.16. The maximum atomic E-state index is 11.7. The van der Waals surface area contributed by atoms with Crippen LogP contribution in [0.4, 0.5) is 5.82 Å². The van der Waals surface area contributed by atoms with Gasteiger partial charge in [-0.3, -0.25) is 9.69 Å². The van der Waals surface area contributed by atoms with Crippen molar-refractivity contribution < 1.29 is 9.53 Å². The van der Waals surface area contributed by atoms with E-state index in [4.69, 9.17) is 16.3 Å². The van der Waals surface area contributed by atoms with Crippen molar-refractivity contribution in [3.63, 3.8) is 0 Å². The molecule has 3 heterocycles. The first kappa shape index (κ1) is 14.1. The number of aryl methyl sites for hydroxylation is 1. The van der Waals surface area contributed by atoms with E-state index in [1.54, 1.807) is 11.9 Å². The first-order valence-electron chi connectivity index (χ1n) is 6.18. The van der Waals surface area contributed by atoms with Crippen LogP contribution in [0.25, 0.3) is 10.1 Å². The molecular formula is C13H12BrClN2O2S. The van der Waals surface area contributed by atoms with Gasteiger partial charge in [-0.1, -0.05) is 11.6 Å². The number of pyridine rings is 1. The molecule has 4 nitrogen and oxygen atoms in total. The maximum Gasteiger partial charge on any atom is 0.224 e. The van der Waals surface area contributed by atoms with E-state index in [0.717, 1.165) is 38.0 Å². The molecule has 0 unspecified atom stereocenters. The first-order valence-corrected chi connectivity index (χ1v) is 8.17. The Balaban J connectivity index is 2.37. The van der Waals surface area contributed by atoms with E-state index in [9.17, 15) is 4.79 Å². The van der Waals surface area contributed by atoms with Crippen molar-refractivity contribution >= 4 is 60.7 Å². The number of hydrogen-bond acceptors (Lipinski definition) is 4. The Hall–Kier alpha value is -0.850. The second-order valence-corrected chi connectivity index (χ2v) is 7.34. The third kappa shape index (κ3) is 2.10. The van der Waals surface area contributed by atoms with Crippen molar-refractivity contribution in [2.45, 2.75) is 19.8 Å². The highest BCUT2D eigenvalue weighted by atomic mass is 79.9. The summed E-state index contributed by atoms with van der Waals surface area (Å²) in [5.74, 6) is 1.39. The fourth-order valence-corrected chi connectivity index (χ4v) is 4.32. The highest BCUT2D eigenvalue weighted by Gasteiger charge is 2.26. The van der Waals surface area contributed by atoms with E-state index in [1.807, 2.05) is 0 Å². The van der Waals surface area contributed by atoms with Crippen molar-refractivity contribution in [3.05, 3.63) is 14.5 Å². The third-order valence-electron chi connectivity index (χ3n) is 3.39. The molecule has 0 bridgehead atoms. The number of carbonyl (C=O) groups excluding carboxylic acids is 1. The number of carbonyl (C=O) groups is 1. The molecule has 1 aliphatic rings. The minimum absolute atomic E-state index is 0.0647. The van der Waals surface area contributed by atoms with Gasteiger partial charge >= 0.3 is 0 Å². The predicted octanol–water partition coefficient (Wildman–Crippen LogP) is 4.02. The van der Waals surface area contributed by atoms with E-state index in [2.05, 4.69) is 20.9 Å². The smallest absolute Gasteiger partial charge is 0.224 e. The summed E-state index contributed by atoms with van der Waals surface area (Å²) in [7, 11) is 1.72. The summed E-state index contributed by atoms with van der Waals surface area (Å²) in [6, 6.07) is 0. The highest BCUT2D eigenvalue weighted by molar-refractivity contribution is 9.11. The van der Waals surface area contributed by atoms with Crippen molar-refractivity contribution in [2.24, 2.45) is 0 Å². The number of amides is 1. The van der Waals surface area contributed by atoms with Gasteiger partial charge in [-0.15, -0.1) is 11.3 Å². The molecule has 0 atom stereocenters. The Kier molecular flexibility index (Phi) is 3.64. The van der Waals surface area contributed by atoms with E-state index in [0.29, 0.717) is 17.6 Å². The van der Waals surface area contributed by atoms with Gasteiger partial charge in [0.05, 0.1) is 11.3 Å². The lowest BCUT2D eigenvalue weighted by atomic mass is 10.1. The first-order chi connectivity index (χ1) is 9.50. The Morgan fingerprint density at radius 1 is 1.55 bits per heavy atom. The number of rotatable bonds is 1. The normalized spacial score (nSPS) is 14.0. The van der Waals surface area contributed by atoms with Gasteiger partial charge in [0, 0.05) is 24.9 Å². The molecule has 20 heavy (non-hydrogen) atoms. The standard InChI is InChI=1S/C13H12BrClN2O2S/c1-6(18)17(2)13-7-4-3-5-19-9-8(7)10(12(15)16-13)20-11(9)14/h3-5H2,1-2H3. The molecule has 0 fully saturated rings. The summed E-state index contributed by atoms with van der Waals surface area (Å²) in [5, 5.41) is 1.40. The van der Waals surface area contributed by atoms with Crippen LogP contribution < -0.4 is 9.64 Å². The summed E-state index contributed by atoms with van der Waals surface area (Å²) in [6.07, 6.45) is 1.72. The number of hydrogen-bond donors (Lipinski definition) is 0. The summed E-state index contributed by atoms with van der Waals surface area (Å²) < 4.78 is 7.64. The average Bonchev–Trinajstić information content (AvgIpc) is 2.61. The molecule has 0 spiro atoms. The zero-order chi connectivity index (χ0) is 14.4. The summed E-state index contributed by atoms with van der Waals surface area (Å²) in [4.78, 5) is 17.6. The molecule has 106 valence electrons. The van der Waals surface area contributed by atoms with Crippen LogP contribution >= 0.6 is 38.9 Å². The van der Waals surface area contributed by atoms with Crippen LogP contribution in [0.1, 0.15) is 18.9 Å². The van der Waals surface area contributed by atoms with Gasteiger partial charge in [-0.2, -0.15) is 0 Å². The number of halogens is 2. The molecule has 0 radical (unpaired) electrons. The molecule has 0 saturated heterocycles. The summed E-state index contributed by atoms with van der Waals surface area (Å²) in [5.41, 5.74) is 1.04. The molecule has 2 aromatic rings. The Labute approximate surface area is 133 Å². The van der Waals surface area contributed by atoms with Crippen LogP contribution in [0.3, 0.4) is 0 Å². The van der Waals surface area contributed by atoms with Gasteiger partial charge in [0.1, 0.15) is 14.8 Å². The fraction of sp³-hybridized carbons (Fsp3) is 0.385. The number of thiophene rings is 1. The molecule has 0 aromatic carbocycles. The minimum atomic E-state index is -0.0647. The minimum Gasteiger partial charge on any atom is -0.491 e. The van der Waals surface area contributed by atoms with Gasteiger partial charge in [0.2, 0.25) is 5.91 Å². The lowest BCUT2D eigenvalue weighted by Crippen LogP contribution is -2.25. The van der Waals surface area contributed by atoms with Crippen molar-refractivity contribution in [1.82, 2.24) is 4.98 Å². The van der Waals surface area contributed by atoms with Gasteiger partial charge < -0.3 is 4.74 Å². The lowest BCUT2D eigenvalue weighted by Gasteiger charge is -2.18. The predicted molar refractivity (Wildman–Crippen MR) is 85.2 cm³/mol. The van der Waals surface area contributed by atoms with E-state index >= 15 is 0 Å². The quantitative estimate of drug-likeness (QED) is 0.707. The van der Waals surface area contributed by atoms with Crippen LogP contribution in [-0.2, 0) is 11.2 Å². The lowest BCUT2D eigenvalue weighted by molar-refractivity contribution is -0.116. The SMILES string of the molecule is CC(=O)N(C)c1nc(Cl)c2sc(Br)c3c2c1CCCO3. The van der Waals surface area contributed by atoms with Gasteiger partial charge in [0.25, 0.3) is 0 Å². The fourth-order valence-electron chi connectivity index (χ4n) is 2.35. The van der Waals surface area contributed by atoms with Crippen LogP contribution in [0.2, 0.25) is 5.15 Å². The highest BCUT2D eigenvalue weighted by Crippen LogP contribution is 2.48. The van der Waals surface area contributed by atoms with Crippen LogP contribution in [0, 0.1) is 0 Å². The van der Waals surface area contributed by atoms with Gasteiger partial charge in [-0.25, -0.2) is 4.98 Å². The molecule has 7 heteroatoms. The zero-order valence-corrected chi connectivity index (χ0v) is 14.2. The Morgan fingerprint density at radius 2 is 2.30 bits per heavy atom. The molecular weight excluding hydrogens is 364 g/mol. The van der Waals surface area contributed by atoms with E-state index in [-0.39, 0.29) is 5.91 Å². The van der Waals surface area contributed by atoms with E-state index in [1.165, 1.54) is 18.3 Å². The summed E-state index contributed by atoms with van der Waals surface area (Å²) >= 11 is 11.3. The topological polar surface area (TPSA) is 42.4 Å². The molecule has 0 N–H and O–H groups in total. The zero-order valence-electron chi connectivity index (χ0n) is 11.0. The molecule has 0 aliphatic carbocycles. The number of anilines is 1. The second-order valence-electron chi connectivity index (χ2n) is 4.64. The van der Waals surface area contributed by atoms with E-state index < -0.39 is 0 Å². The number of aromatic nitrogens is 1. The van der Waals surface area contributed by atoms with Crippen LogP contribution in [-0.4, -0.2) is 24.5 Å². The largest absolute Gasteiger partial charge is 0.491 e. The van der Waals surface area contributed by atoms with Crippen LogP contribution in [0.15, 0.2) is 3.79 Å².